The molecule has 0 radical (unpaired) electrons. The number of fused-ring (bicyclic) bond motifs is 1. The molecule has 0 spiro atoms. The maximum Gasteiger partial charge on any atom is 0.249 e. The van der Waals surface area contributed by atoms with E-state index in [2.05, 4.69) is 20.5 Å². The molecule has 29 heavy (non-hydrogen) atoms. The van der Waals surface area contributed by atoms with Crippen molar-refractivity contribution in [1.29, 1.82) is 0 Å². The highest BCUT2D eigenvalue weighted by Crippen LogP contribution is 2.31. The minimum atomic E-state index is -0.541. The molecule has 0 aliphatic rings. The van der Waals surface area contributed by atoms with Gasteiger partial charge in [0.25, 0.3) is 0 Å². The summed E-state index contributed by atoms with van der Waals surface area (Å²) >= 11 is 0. The molecule has 8 heteroatoms. The van der Waals surface area contributed by atoms with Crippen LogP contribution in [0.25, 0.3) is 22.4 Å². The highest BCUT2D eigenvalue weighted by Gasteiger charge is 2.18. The zero-order valence-corrected chi connectivity index (χ0v) is 15.6. The Balaban J connectivity index is 1.70. The Morgan fingerprint density at radius 1 is 1.17 bits per heavy atom. The van der Waals surface area contributed by atoms with Crippen LogP contribution in [0.15, 0.2) is 53.1 Å². The van der Waals surface area contributed by atoms with Crippen molar-refractivity contribution in [3.63, 3.8) is 0 Å². The molecular formula is C21H18FN5O2. The molecule has 2 heterocycles. The second-order valence-electron chi connectivity index (χ2n) is 6.46. The maximum absolute atomic E-state index is 13.4. The summed E-state index contributed by atoms with van der Waals surface area (Å²) in [5.74, 6) is 0.375. The van der Waals surface area contributed by atoms with Crippen LogP contribution in [0.3, 0.4) is 0 Å². The van der Waals surface area contributed by atoms with Crippen molar-refractivity contribution in [2.24, 2.45) is 5.73 Å². The minimum absolute atomic E-state index is 0.278. The number of rotatable bonds is 6. The van der Waals surface area contributed by atoms with Gasteiger partial charge in [0, 0.05) is 17.3 Å². The van der Waals surface area contributed by atoms with Gasteiger partial charge in [-0.05, 0) is 30.2 Å². The molecule has 0 saturated carbocycles. The van der Waals surface area contributed by atoms with E-state index in [0.717, 1.165) is 5.56 Å². The lowest BCUT2D eigenvalue weighted by Crippen LogP contribution is -2.10. The largest absolute Gasteiger partial charge is 0.460 e. The molecule has 0 aliphatic heterocycles. The Labute approximate surface area is 165 Å². The van der Waals surface area contributed by atoms with Crippen molar-refractivity contribution < 1.29 is 13.6 Å². The molecule has 4 rings (SSSR count). The van der Waals surface area contributed by atoms with Crippen LogP contribution in [-0.4, -0.2) is 21.1 Å². The number of nitrogens with two attached hydrogens (primary N) is 1. The predicted molar refractivity (Wildman–Crippen MR) is 107 cm³/mol. The van der Waals surface area contributed by atoms with Crippen LogP contribution >= 0.6 is 0 Å². The molecule has 0 aliphatic carbocycles. The molecular weight excluding hydrogens is 373 g/mol. The van der Waals surface area contributed by atoms with Crippen molar-refractivity contribution in [2.45, 2.75) is 19.9 Å². The first-order valence-corrected chi connectivity index (χ1v) is 9.09. The number of aryl methyl sites for hydroxylation is 1. The SMILES string of the molecule is CCc1nnc(-c2occ3c(C(N)=O)cccc23)nc1NCc1cccc(F)c1. The summed E-state index contributed by atoms with van der Waals surface area (Å²) < 4.78 is 19.1. The van der Waals surface area contributed by atoms with Crippen LogP contribution in [0.4, 0.5) is 10.2 Å². The van der Waals surface area contributed by atoms with E-state index >= 15 is 0 Å². The number of hydrogen-bond acceptors (Lipinski definition) is 6. The quantitative estimate of drug-likeness (QED) is 0.519. The van der Waals surface area contributed by atoms with E-state index in [9.17, 15) is 9.18 Å². The third kappa shape index (κ3) is 3.64. The van der Waals surface area contributed by atoms with Gasteiger partial charge in [0.15, 0.2) is 11.6 Å². The lowest BCUT2D eigenvalue weighted by atomic mass is 10.1. The van der Waals surface area contributed by atoms with Crippen molar-refractivity contribution in [2.75, 3.05) is 5.32 Å². The summed E-state index contributed by atoms with van der Waals surface area (Å²) in [7, 11) is 0. The fraction of sp³-hybridized carbons (Fsp3) is 0.143. The monoisotopic (exact) mass is 391 g/mol. The Kier molecular flexibility index (Phi) is 4.90. The summed E-state index contributed by atoms with van der Waals surface area (Å²) in [6.07, 6.45) is 2.08. The zero-order valence-electron chi connectivity index (χ0n) is 15.6. The first-order chi connectivity index (χ1) is 14.1. The van der Waals surface area contributed by atoms with Crippen molar-refractivity contribution in [3.05, 3.63) is 71.4 Å². The summed E-state index contributed by atoms with van der Waals surface area (Å²) in [6, 6.07) is 11.5. The summed E-state index contributed by atoms with van der Waals surface area (Å²) in [5, 5.41) is 12.9. The Bertz CT molecular complexity index is 1200. The number of nitrogens with one attached hydrogen (secondary N) is 1. The van der Waals surface area contributed by atoms with Gasteiger partial charge in [-0.25, -0.2) is 9.37 Å². The molecule has 0 saturated heterocycles. The summed E-state index contributed by atoms with van der Waals surface area (Å²) in [5.41, 5.74) is 7.25. The van der Waals surface area contributed by atoms with Crippen LogP contribution in [0, 0.1) is 5.82 Å². The van der Waals surface area contributed by atoms with Crippen molar-refractivity contribution in [3.8, 4) is 11.6 Å². The molecule has 0 fully saturated rings. The van der Waals surface area contributed by atoms with Gasteiger partial charge in [0.1, 0.15) is 17.8 Å². The lowest BCUT2D eigenvalue weighted by Gasteiger charge is -2.10. The molecule has 1 amide bonds. The second kappa shape index (κ2) is 7.67. The van der Waals surface area contributed by atoms with Gasteiger partial charge in [-0.2, -0.15) is 0 Å². The minimum Gasteiger partial charge on any atom is -0.460 e. The highest BCUT2D eigenvalue weighted by molar-refractivity contribution is 6.08. The summed E-state index contributed by atoms with van der Waals surface area (Å²) in [6.45, 7) is 2.33. The average Bonchev–Trinajstić information content (AvgIpc) is 3.16. The number of benzene rings is 2. The topological polar surface area (TPSA) is 107 Å². The van der Waals surface area contributed by atoms with Gasteiger partial charge in [-0.1, -0.05) is 31.2 Å². The number of carbonyl (C=O) groups is 1. The van der Waals surface area contributed by atoms with Gasteiger partial charge >= 0.3 is 0 Å². The number of carbonyl (C=O) groups excluding carboxylic acids is 1. The molecule has 2 aromatic carbocycles. The van der Waals surface area contributed by atoms with Crippen LogP contribution in [0.1, 0.15) is 28.5 Å². The Morgan fingerprint density at radius 2 is 2.00 bits per heavy atom. The van der Waals surface area contributed by atoms with E-state index in [0.29, 0.717) is 46.6 Å². The smallest absolute Gasteiger partial charge is 0.249 e. The number of primary amides is 1. The predicted octanol–water partition coefficient (Wildman–Crippen LogP) is 3.70. The van der Waals surface area contributed by atoms with E-state index < -0.39 is 5.91 Å². The van der Waals surface area contributed by atoms with E-state index in [1.165, 1.54) is 18.4 Å². The molecule has 0 bridgehead atoms. The number of hydrogen-bond donors (Lipinski definition) is 2. The number of amides is 1. The first kappa shape index (κ1) is 18.5. The average molecular weight is 391 g/mol. The number of halogens is 1. The standard InChI is InChI=1S/C21H18FN5O2/c1-2-17-20(24-10-12-5-3-6-13(22)9-12)25-21(27-26-17)18-14-7-4-8-15(19(23)28)16(14)11-29-18/h3-9,11H,2,10H2,1H3,(H2,23,28)(H,24,25,27). The third-order valence-corrected chi connectivity index (χ3v) is 4.55. The number of furan rings is 1. The van der Waals surface area contributed by atoms with Gasteiger partial charge in [0.2, 0.25) is 11.7 Å². The number of aromatic nitrogens is 3. The zero-order chi connectivity index (χ0) is 20.4. The van der Waals surface area contributed by atoms with E-state index in [1.54, 1.807) is 24.3 Å². The van der Waals surface area contributed by atoms with E-state index in [4.69, 9.17) is 10.2 Å². The Morgan fingerprint density at radius 3 is 2.76 bits per heavy atom. The molecule has 0 unspecified atom stereocenters. The van der Waals surface area contributed by atoms with E-state index in [1.807, 2.05) is 13.0 Å². The van der Waals surface area contributed by atoms with Gasteiger partial charge < -0.3 is 15.5 Å². The first-order valence-electron chi connectivity index (χ1n) is 9.09. The molecule has 3 N–H and O–H groups in total. The molecule has 7 nitrogen and oxygen atoms in total. The summed E-state index contributed by atoms with van der Waals surface area (Å²) in [4.78, 5) is 16.2. The number of anilines is 1. The van der Waals surface area contributed by atoms with Crippen LogP contribution in [0.2, 0.25) is 0 Å². The fourth-order valence-corrected chi connectivity index (χ4v) is 3.12. The van der Waals surface area contributed by atoms with Crippen molar-refractivity contribution in [1.82, 2.24) is 15.2 Å². The van der Waals surface area contributed by atoms with E-state index in [-0.39, 0.29) is 11.6 Å². The van der Waals surface area contributed by atoms with Crippen LogP contribution < -0.4 is 11.1 Å². The molecule has 2 aromatic heterocycles. The van der Waals surface area contributed by atoms with Crippen LogP contribution in [0.5, 0.6) is 0 Å². The number of nitrogens with zero attached hydrogens (tertiary/aromatic N) is 3. The normalized spacial score (nSPS) is 11.0. The second-order valence-corrected chi connectivity index (χ2v) is 6.46. The molecule has 146 valence electrons. The van der Waals surface area contributed by atoms with Gasteiger partial charge in [0.05, 0.1) is 5.56 Å². The third-order valence-electron chi connectivity index (χ3n) is 4.55. The Hall–Kier alpha value is -3.81. The van der Waals surface area contributed by atoms with Crippen LogP contribution in [-0.2, 0) is 13.0 Å². The van der Waals surface area contributed by atoms with Crippen molar-refractivity contribution >= 4 is 22.5 Å². The highest BCUT2D eigenvalue weighted by atomic mass is 19.1. The molecule has 4 aromatic rings. The lowest BCUT2D eigenvalue weighted by molar-refractivity contribution is 0.100. The van der Waals surface area contributed by atoms with Gasteiger partial charge in [-0.3, -0.25) is 4.79 Å². The fourth-order valence-electron chi connectivity index (χ4n) is 3.12. The van der Waals surface area contributed by atoms with Gasteiger partial charge in [-0.15, -0.1) is 10.2 Å². The molecule has 0 atom stereocenters. The maximum atomic E-state index is 13.4.